The number of hydrogen-bond acceptors (Lipinski definition) is 0. The Bertz CT molecular complexity index is 309. The molecule has 0 rings (SSSR count). The molecular weight excluding hydrogens is 240 g/mol. The van der Waals surface area contributed by atoms with Gasteiger partial charge in [0.1, 0.15) is 0 Å². The molecule has 0 bridgehead atoms. The first-order valence-corrected chi connectivity index (χ1v) is 7.66. The minimum atomic E-state index is 0.146. The van der Waals surface area contributed by atoms with Crippen LogP contribution in [0.4, 0.5) is 0 Å². The van der Waals surface area contributed by atoms with E-state index in [0.717, 1.165) is 0 Å². The van der Waals surface area contributed by atoms with E-state index in [0.29, 0.717) is 10.8 Å². The SMILES string of the molecule is CC(C)(C)/C=C\C(C)(C)C.CC(C)(C)C#CC(C)(C)C. The molecule has 0 aromatic rings. The van der Waals surface area contributed by atoms with Crippen molar-refractivity contribution in [3.05, 3.63) is 12.2 Å². The fourth-order valence-corrected chi connectivity index (χ4v) is 0.875. The van der Waals surface area contributed by atoms with Gasteiger partial charge in [-0.25, -0.2) is 0 Å². The Morgan fingerprint density at radius 3 is 0.750 bits per heavy atom. The van der Waals surface area contributed by atoms with Gasteiger partial charge in [-0.2, -0.15) is 0 Å². The molecule has 0 nitrogen and oxygen atoms in total. The maximum Gasteiger partial charge on any atom is 0.0230 e. The summed E-state index contributed by atoms with van der Waals surface area (Å²) in [6.45, 7) is 26.1. The lowest BCUT2D eigenvalue weighted by molar-refractivity contribution is 0.502. The van der Waals surface area contributed by atoms with Gasteiger partial charge >= 0.3 is 0 Å². The summed E-state index contributed by atoms with van der Waals surface area (Å²) in [6, 6.07) is 0. The molecule has 0 aliphatic rings. The van der Waals surface area contributed by atoms with Gasteiger partial charge in [-0.3, -0.25) is 0 Å². The molecule has 0 saturated heterocycles. The Kier molecular flexibility index (Phi) is 7.94. The molecule has 20 heavy (non-hydrogen) atoms. The van der Waals surface area contributed by atoms with Crippen molar-refractivity contribution in [2.75, 3.05) is 0 Å². The summed E-state index contributed by atoms with van der Waals surface area (Å²) in [4.78, 5) is 0. The Morgan fingerprint density at radius 1 is 0.450 bits per heavy atom. The Morgan fingerprint density at radius 2 is 0.650 bits per heavy atom. The van der Waals surface area contributed by atoms with Gasteiger partial charge in [0.15, 0.2) is 0 Å². The van der Waals surface area contributed by atoms with Crippen molar-refractivity contribution in [1.29, 1.82) is 0 Å². The lowest BCUT2D eigenvalue weighted by atomic mass is 9.89. The summed E-state index contributed by atoms with van der Waals surface area (Å²) in [5, 5.41) is 0. The van der Waals surface area contributed by atoms with E-state index in [-0.39, 0.29) is 10.8 Å². The van der Waals surface area contributed by atoms with Crippen molar-refractivity contribution in [1.82, 2.24) is 0 Å². The largest absolute Gasteiger partial charge is 0.0968 e. The van der Waals surface area contributed by atoms with Gasteiger partial charge in [0.2, 0.25) is 0 Å². The molecule has 0 aromatic carbocycles. The zero-order valence-electron chi connectivity index (χ0n) is 16.2. The first-order valence-electron chi connectivity index (χ1n) is 7.66. The second-order valence-corrected chi connectivity index (χ2v) is 9.82. The van der Waals surface area contributed by atoms with E-state index in [1.54, 1.807) is 0 Å². The van der Waals surface area contributed by atoms with Gasteiger partial charge in [0.05, 0.1) is 0 Å². The predicted molar refractivity (Wildman–Crippen MR) is 94.7 cm³/mol. The second-order valence-electron chi connectivity index (χ2n) is 9.82. The van der Waals surface area contributed by atoms with Crippen LogP contribution in [0.3, 0.4) is 0 Å². The van der Waals surface area contributed by atoms with Gasteiger partial charge in [-0.05, 0) is 52.4 Å². The van der Waals surface area contributed by atoms with Crippen molar-refractivity contribution in [2.45, 2.75) is 83.1 Å². The Labute approximate surface area is 129 Å². The highest BCUT2D eigenvalue weighted by Gasteiger charge is 2.09. The third kappa shape index (κ3) is 26.0. The molecule has 0 unspecified atom stereocenters. The molecule has 0 fully saturated rings. The van der Waals surface area contributed by atoms with Crippen LogP contribution in [0, 0.1) is 33.5 Å². The maximum atomic E-state index is 3.21. The van der Waals surface area contributed by atoms with Crippen LogP contribution >= 0.6 is 0 Å². The van der Waals surface area contributed by atoms with Crippen LogP contribution in [0.1, 0.15) is 83.1 Å². The molecular formula is C20H38. The van der Waals surface area contributed by atoms with Crippen LogP contribution in [0.5, 0.6) is 0 Å². The highest BCUT2D eigenvalue weighted by molar-refractivity contribution is 5.12. The molecule has 0 saturated carbocycles. The van der Waals surface area contributed by atoms with E-state index < -0.39 is 0 Å². The molecule has 0 N–H and O–H groups in total. The van der Waals surface area contributed by atoms with E-state index in [4.69, 9.17) is 0 Å². The lowest BCUT2D eigenvalue weighted by Gasteiger charge is -2.17. The zero-order valence-corrected chi connectivity index (χ0v) is 16.2. The summed E-state index contributed by atoms with van der Waals surface area (Å²) in [5.41, 5.74) is 0.946. The summed E-state index contributed by atoms with van der Waals surface area (Å²) >= 11 is 0. The van der Waals surface area contributed by atoms with E-state index in [9.17, 15) is 0 Å². The van der Waals surface area contributed by atoms with E-state index in [1.807, 2.05) is 0 Å². The first kappa shape index (κ1) is 21.6. The Hall–Kier alpha value is -0.700. The van der Waals surface area contributed by atoms with Crippen LogP contribution < -0.4 is 0 Å². The van der Waals surface area contributed by atoms with Gasteiger partial charge < -0.3 is 0 Å². The summed E-state index contributed by atoms with van der Waals surface area (Å²) < 4.78 is 0. The number of allylic oxidation sites excluding steroid dienone is 2. The average molecular weight is 279 g/mol. The van der Waals surface area contributed by atoms with Crippen LogP contribution in [0.2, 0.25) is 0 Å². The fourth-order valence-electron chi connectivity index (χ4n) is 0.875. The van der Waals surface area contributed by atoms with E-state index >= 15 is 0 Å². The van der Waals surface area contributed by atoms with Crippen LogP contribution in [-0.4, -0.2) is 0 Å². The minimum Gasteiger partial charge on any atom is -0.0968 e. The summed E-state index contributed by atoms with van der Waals surface area (Å²) in [5.74, 6) is 6.42. The van der Waals surface area contributed by atoms with Gasteiger partial charge in [-0.15, -0.1) is 0 Å². The third-order valence-corrected chi connectivity index (χ3v) is 1.90. The van der Waals surface area contributed by atoms with Crippen molar-refractivity contribution < 1.29 is 0 Å². The highest BCUT2D eigenvalue weighted by atomic mass is 14.1. The van der Waals surface area contributed by atoms with Crippen LogP contribution in [-0.2, 0) is 0 Å². The van der Waals surface area contributed by atoms with Gasteiger partial charge in [0.25, 0.3) is 0 Å². The maximum absolute atomic E-state index is 3.21. The summed E-state index contributed by atoms with van der Waals surface area (Å²) in [6.07, 6.45) is 4.54. The van der Waals surface area contributed by atoms with Crippen molar-refractivity contribution in [3.63, 3.8) is 0 Å². The monoisotopic (exact) mass is 278 g/mol. The minimum absolute atomic E-state index is 0.146. The quantitative estimate of drug-likeness (QED) is 0.341. The molecule has 0 heterocycles. The topological polar surface area (TPSA) is 0 Å². The van der Waals surface area contributed by atoms with Gasteiger partial charge in [0, 0.05) is 10.8 Å². The zero-order chi connectivity index (χ0) is 16.8. The van der Waals surface area contributed by atoms with Crippen LogP contribution in [0.25, 0.3) is 0 Å². The average Bonchev–Trinajstić information content (AvgIpc) is 2.09. The highest BCUT2D eigenvalue weighted by Crippen LogP contribution is 2.21. The lowest BCUT2D eigenvalue weighted by Crippen LogP contribution is -2.05. The molecule has 0 atom stereocenters. The number of rotatable bonds is 0. The molecule has 0 radical (unpaired) electrons. The van der Waals surface area contributed by atoms with Gasteiger partial charge in [-0.1, -0.05) is 65.5 Å². The predicted octanol–water partition coefficient (Wildman–Crippen LogP) is 6.72. The fraction of sp³-hybridized carbons (Fsp3) is 0.800. The van der Waals surface area contributed by atoms with E-state index in [1.165, 1.54) is 0 Å². The molecule has 0 spiro atoms. The normalized spacial score (nSPS) is 13.4. The molecule has 0 aliphatic carbocycles. The first-order chi connectivity index (χ1) is 8.41. The summed E-state index contributed by atoms with van der Waals surface area (Å²) in [7, 11) is 0. The molecule has 0 aromatic heterocycles. The third-order valence-electron chi connectivity index (χ3n) is 1.90. The smallest absolute Gasteiger partial charge is 0.0230 e. The Balaban J connectivity index is 0. The second kappa shape index (κ2) is 7.35. The standard InChI is InChI=1S/C10H20.C10H18/c2*1-9(2,3)7-8-10(4,5)6/h7-8H,1-6H3;1-6H3/b8-7-;. The van der Waals surface area contributed by atoms with Crippen molar-refractivity contribution in [3.8, 4) is 11.8 Å². The van der Waals surface area contributed by atoms with Crippen LogP contribution in [0.15, 0.2) is 12.2 Å². The van der Waals surface area contributed by atoms with Crippen molar-refractivity contribution >= 4 is 0 Å². The van der Waals surface area contributed by atoms with E-state index in [2.05, 4.69) is 107 Å². The molecule has 118 valence electrons. The molecule has 0 heteroatoms. The molecule has 0 aliphatic heterocycles. The number of hydrogen-bond donors (Lipinski definition) is 0. The van der Waals surface area contributed by atoms with Crippen molar-refractivity contribution in [2.24, 2.45) is 21.7 Å². The molecule has 0 amide bonds.